The number of hydrogen-bond donors (Lipinski definition) is 2. The lowest BCUT2D eigenvalue weighted by Crippen LogP contribution is -2.22. The van der Waals surface area contributed by atoms with Crippen LogP contribution in [-0.4, -0.2) is 28.5 Å². The summed E-state index contributed by atoms with van der Waals surface area (Å²) in [6.07, 6.45) is 4.48. The normalized spacial score (nSPS) is 11.4. The number of furan rings is 1. The molecule has 0 spiro atoms. The Morgan fingerprint density at radius 3 is 2.41 bits per heavy atom. The largest absolute Gasteiger partial charge is 0.493 e. The maximum absolute atomic E-state index is 12.4. The average molecular weight is 457 g/mol. The van der Waals surface area contributed by atoms with Crippen LogP contribution in [0.5, 0.6) is 11.5 Å². The molecule has 3 aromatic rings. The molecule has 1 amide bonds. The molecular formula is C23H24N2O6S. The molecule has 0 aliphatic heterocycles. The standard InChI is InChI=1S/C23H24N2O6S/c1-29-21-11-7-18(14-22(21)30-2)15-24-23(26)12-8-17-5-9-20(10-6-17)32(27,28)25-16-19-4-3-13-31-19/h3-14,25H,15-16H2,1-2H3,(H,24,26)/b12-8+. The van der Waals surface area contributed by atoms with Crippen molar-refractivity contribution in [1.29, 1.82) is 0 Å². The number of nitrogens with one attached hydrogen (secondary N) is 2. The fourth-order valence-electron chi connectivity index (χ4n) is 2.83. The van der Waals surface area contributed by atoms with Crippen LogP contribution in [0.2, 0.25) is 0 Å². The highest BCUT2D eigenvalue weighted by molar-refractivity contribution is 7.89. The van der Waals surface area contributed by atoms with E-state index in [9.17, 15) is 13.2 Å². The van der Waals surface area contributed by atoms with Crippen molar-refractivity contribution in [3.63, 3.8) is 0 Å². The predicted molar refractivity (Wildman–Crippen MR) is 120 cm³/mol. The molecule has 0 saturated heterocycles. The highest BCUT2D eigenvalue weighted by Gasteiger charge is 2.14. The first-order valence-electron chi connectivity index (χ1n) is 9.70. The van der Waals surface area contributed by atoms with Gasteiger partial charge in [0.05, 0.1) is 31.9 Å². The minimum absolute atomic E-state index is 0.0667. The Kier molecular flexibility index (Phi) is 7.69. The molecule has 0 aliphatic carbocycles. The Hall–Kier alpha value is -3.56. The first-order chi connectivity index (χ1) is 15.4. The zero-order chi connectivity index (χ0) is 23.0. The van der Waals surface area contributed by atoms with Gasteiger partial charge in [-0.2, -0.15) is 0 Å². The van der Waals surface area contributed by atoms with E-state index < -0.39 is 10.0 Å². The molecule has 2 aromatic carbocycles. The Bertz CT molecular complexity index is 1170. The number of amides is 1. The van der Waals surface area contributed by atoms with Gasteiger partial charge in [0.2, 0.25) is 15.9 Å². The van der Waals surface area contributed by atoms with Gasteiger partial charge in [-0.25, -0.2) is 13.1 Å². The van der Waals surface area contributed by atoms with Gasteiger partial charge in [-0.05, 0) is 53.6 Å². The molecule has 0 saturated carbocycles. The van der Waals surface area contributed by atoms with E-state index in [0.29, 0.717) is 29.4 Å². The highest BCUT2D eigenvalue weighted by atomic mass is 32.2. The summed E-state index contributed by atoms with van der Waals surface area (Å²) in [4.78, 5) is 12.2. The predicted octanol–water partition coefficient (Wildman–Crippen LogP) is 3.10. The molecule has 0 atom stereocenters. The Morgan fingerprint density at radius 1 is 1.00 bits per heavy atom. The number of hydrogen-bond acceptors (Lipinski definition) is 6. The zero-order valence-electron chi connectivity index (χ0n) is 17.7. The van der Waals surface area contributed by atoms with Crippen LogP contribution in [0.3, 0.4) is 0 Å². The molecule has 168 valence electrons. The summed E-state index contributed by atoms with van der Waals surface area (Å²) in [6.45, 7) is 0.388. The molecule has 0 unspecified atom stereocenters. The van der Waals surface area contributed by atoms with Gasteiger partial charge in [-0.3, -0.25) is 4.79 Å². The quantitative estimate of drug-likeness (QED) is 0.454. The number of ether oxygens (including phenoxy) is 2. The van der Waals surface area contributed by atoms with Gasteiger partial charge < -0.3 is 19.2 Å². The lowest BCUT2D eigenvalue weighted by atomic mass is 10.2. The fourth-order valence-corrected chi connectivity index (χ4v) is 3.82. The molecule has 1 heterocycles. The van der Waals surface area contributed by atoms with Gasteiger partial charge in [-0.15, -0.1) is 0 Å². The average Bonchev–Trinajstić information content (AvgIpc) is 3.34. The monoisotopic (exact) mass is 456 g/mol. The SMILES string of the molecule is COc1ccc(CNC(=O)/C=C/c2ccc(S(=O)(=O)NCc3ccco3)cc2)cc1OC. The number of benzene rings is 2. The molecule has 0 fully saturated rings. The first kappa shape index (κ1) is 23.1. The van der Waals surface area contributed by atoms with Gasteiger partial charge >= 0.3 is 0 Å². The van der Waals surface area contributed by atoms with Crippen LogP contribution in [0.15, 0.2) is 76.2 Å². The van der Waals surface area contributed by atoms with Crippen molar-refractivity contribution >= 4 is 22.0 Å². The summed E-state index contributed by atoms with van der Waals surface area (Å²) in [6, 6.07) is 15.0. The van der Waals surface area contributed by atoms with Crippen LogP contribution in [0, 0.1) is 0 Å². The van der Waals surface area contributed by atoms with Crippen molar-refractivity contribution in [2.45, 2.75) is 18.0 Å². The van der Waals surface area contributed by atoms with E-state index in [4.69, 9.17) is 13.9 Å². The second-order valence-electron chi connectivity index (χ2n) is 6.71. The minimum Gasteiger partial charge on any atom is -0.493 e. The second kappa shape index (κ2) is 10.7. The lowest BCUT2D eigenvalue weighted by molar-refractivity contribution is -0.116. The van der Waals surface area contributed by atoms with Crippen LogP contribution in [0.4, 0.5) is 0 Å². The van der Waals surface area contributed by atoms with Gasteiger partial charge in [0.1, 0.15) is 5.76 Å². The van der Waals surface area contributed by atoms with Crippen molar-refractivity contribution in [2.75, 3.05) is 14.2 Å². The van der Waals surface area contributed by atoms with Crippen molar-refractivity contribution < 1.29 is 27.1 Å². The maximum Gasteiger partial charge on any atom is 0.244 e. The fraction of sp³-hybridized carbons (Fsp3) is 0.174. The van der Waals surface area contributed by atoms with Crippen LogP contribution < -0.4 is 19.5 Å². The lowest BCUT2D eigenvalue weighted by Gasteiger charge is -2.09. The second-order valence-corrected chi connectivity index (χ2v) is 8.48. The molecule has 1 aromatic heterocycles. The van der Waals surface area contributed by atoms with Crippen molar-refractivity contribution in [3.05, 3.63) is 83.8 Å². The van der Waals surface area contributed by atoms with Gasteiger partial charge in [0, 0.05) is 12.6 Å². The molecule has 0 radical (unpaired) electrons. The summed E-state index contributed by atoms with van der Waals surface area (Å²) in [5, 5.41) is 2.79. The van der Waals surface area contributed by atoms with Crippen LogP contribution >= 0.6 is 0 Å². The molecule has 9 heteroatoms. The van der Waals surface area contributed by atoms with Gasteiger partial charge in [0.25, 0.3) is 0 Å². The molecule has 2 N–H and O–H groups in total. The Morgan fingerprint density at radius 2 is 1.75 bits per heavy atom. The molecular weight excluding hydrogens is 432 g/mol. The Labute approximate surface area is 186 Å². The summed E-state index contributed by atoms with van der Waals surface area (Å²) >= 11 is 0. The highest BCUT2D eigenvalue weighted by Crippen LogP contribution is 2.27. The maximum atomic E-state index is 12.4. The number of methoxy groups -OCH3 is 2. The zero-order valence-corrected chi connectivity index (χ0v) is 18.5. The molecule has 8 nitrogen and oxygen atoms in total. The van der Waals surface area contributed by atoms with E-state index in [1.54, 1.807) is 56.7 Å². The third-order valence-electron chi connectivity index (χ3n) is 4.55. The number of sulfonamides is 1. The molecule has 0 bridgehead atoms. The van der Waals surface area contributed by atoms with Crippen LogP contribution in [0.1, 0.15) is 16.9 Å². The molecule has 0 aliphatic rings. The summed E-state index contributed by atoms with van der Waals surface area (Å²) < 4.78 is 42.8. The van der Waals surface area contributed by atoms with Crippen LogP contribution in [0.25, 0.3) is 6.08 Å². The van der Waals surface area contributed by atoms with E-state index in [0.717, 1.165) is 5.56 Å². The van der Waals surface area contributed by atoms with E-state index in [-0.39, 0.29) is 17.3 Å². The van der Waals surface area contributed by atoms with Crippen molar-refractivity contribution in [2.24, 2.45) is 0 Å². The molecule has 32 heavy (non-hydrogen) atoms. The Balaban J connectivity index is 1.54. The van der Waals surface area contributed by atoms with Crippen molar-refractivity contribution in [1.82, 2.24) is 10.0 Å². The minimum atomic E-state index is -3.67. The molecule has 3 rings (SSSR count). The summed E-state index contributed by atoms with van der Waals surface area (Å²) in [7, 11) is -0.558. The van der Waals surface area contributed by atoms with E-state index in [1.807, 2.05) is 6.07 Å². The van der Waals surface area contributed by atoms with Crippen LogP contribution in [-0.2, 0) is 27.9 Å². The topological polar surface area (TPSA) is 107 Å². The van der Waals surface area contributed by atoms with Gasteiger partial charge in [-0.1, -0.05) is 18.2 Å². The number of carbonyl (C=O) groups is 1. The third-order valence-corrected chi connectivity index (χ3v) is 5.97. The van der Waals surface area contributed by atoms with E-state index >= 15 is 0 Å². The number of carbonyl (C=O) groups excluding carboxylic acids is 1. The third kappa shape index (κ3) is 6.22. The first-order valence-corrected chi connectivity index (χ1v) is 11.2. The van der Waals surface area contributed by atoms with E-state index in [2.05, 4.69) is 10.0 Å². The smallest absolute Gasteiger partial charge is 0.244 e. The summed E-state index contributed by atoms with van der Waals surface area (Å²) in [5.74, 6) is 1.44. The van der Waals surface area contributed by atoms with E-state index in [1.165, 1.54) is 24.5 Å². The van der Waals surface area contributed by atoms with Crippen molar-refractivity contribution in [3.8, 4) is 11.5 Å². The number of rotatable bonds is 10. The summed E-state index contributed by atoms with van der Waals surface area (Å²) in [5.41, 5.74) is 1.55. The van der Waals surface area contributed by atoms with Gasteiger partial charge in [0.15, 0.2) is 11.5 Å².